The molecule has 4 aromatic carbocycles. The van der Waals surface area contributed by atoms with Crippen LogP contribution in [0.15, 0.2) is 114 Å². The van der Waals surface area contributed by atoms with E-state index < -0.39 is 28.8 Å². The Balaban J connectivity index is 1.45. The summed E-state index contributed by atoms with van der Waals surface area (Å²) in [5.41, 5.74) is 7.40. The number of rotatable bonds is 10. The van der Waals surface area contributed by atoms with E-state index in [1.165, 1.54) is 54.2 Å². The highest BCUT2D eigenvalue weighted by molar-refractivity contribution is 8.00. The second kappa shape index (κ2) is 13.9. The van der Waals surface area contributed by atoms with Gasteiger partial charge in [-0.05, 0) is 85.3 Å². The summed E-state index contributed by atoms with van der Waals surface area (Å²) in [6.07, 6.45) is 1.45. The molecule has 0 spiro atoms. The lowest BCUT2D eigenvalue weighted by Gasteiger charge is -2.14. The largest absolute Gasteiger partial charge is 0.366 e. The normalized spacial score (nSPS) is 11.7. The molecule has 4 aromatic rings. The zero-order valence-corrected chi connectivity index (χ0v) is 23.3. The standard InChI is InChI=1S/C32H27FN4O4S/c1-20(30(39)35-25-16-12-22(13-17-25)29(34)38)42-27-9-5-8-26(19-27)36-32(41)28(18-21-10-14-24(33)15-11-21)37-31(40)23-6-3-2-4-7-23/h2-20H,1H3,(H2,34,38)(H,35,39)(H,36,41)(H,37,40)/b28-18-. The summed E-state index contributed by atoms with van der Waals surface area (Å²) in [5, 5.41) is 7.72. The fourth-order valence-corrected chi connectivity index (χ4v) is 4.66. The molecule has 1 atom stereocenters. The lowest BCUT2D eigenvalue weighted by molar-refractivity contribution is -0.115. The Kier molecular flexibility index (Phi) is 9.85. The van der Waals surface area contributed by atoms with Gasteiger partial charge in [0.25, 0.3) is 11.8 Å². The molecule has 0 aliphatic rings. The molecule has 0 aliphatic carbocycles. The Morgan fingerprint density at radius 2 is 1.48 bits per heavy atom. The van der Waals surface area contributed by atoms with Crippen LogP contribution < -0.4 is 21.7 Å². The van der Waals surface area contributed by atoms with Gasteiger partial charge in [-0.1, -0.05) is 36.4 Å². The summed E-state index contributed by atoms with van der Waals surface area (Å²) in [6.45, 7) is 1.74. The SMILES string of the molecule is CC(Sc1cccc(NC(=O)/C(=C/c2ccc(F)cc2)NC(=O)c2ccccc2)c1)C(=O)Nc1ccc(C(N)=O)cc1. The number of benzene rings is 4. The summed E-state index contributed by atoms with van der Waals surface area (Å²) in [7, 11) is 0. The molecule has 8 nitrogen and oxygen atoms in total. The van der Waals surface area contributed by atoms with Gasteiger partial charge in [0.1, 0.15) is 11.5 Å². The molecule has 42 heavy (non-hydrogen) atoms. The van der Waals surface area contributed by atoms with Crippen LogP contribution in [0.4, 0.5) is 15.8 Å². The highest BCUT2D eigenvalue weighted by Gasteiger charge is 2.17. The van der Waals surface area contributed by atoms with Crippen LogP contribution in [0.5, 0.6) is 0 Å². The van der Waals surface area contributed by atoms with Crippen molar-refractivity contribution in [1.82, 2.24) is 5.32 Å². The third-order valence-electron chi connectivity index (χ3n) is 5.92. The number of nitrogens with two attached hydrogens (primary N) is 1. The smallest absolute Gasteiger partial charge is 0.272 e. The molecule has 4 rings (SSSR count). The van der Waals surface area contributed by atoms with Gasteiger partial charge in [0.2, 0.25) is 11.8 Å². The van der Waals surface area contributed by atoms with Crippen LogP contribution in [0.1, 0.15) is 33.2 Å². The molecule has 5 N–H and O–H groups in total. The van der Waals surface area contributed by atoms with Crippen LogP contribution in [0, 0.1) is 5.82 Å². The molecular formula is C32H27FN4O4S. The molecule has 0 aliphatic heterocycles. The second-order valence-corrected chi connectivity index (χ2v) is 10.5. The fraction of sp³-hybridized carbons (Fsp3) is 0.0625. The quantitative estimate of drug-likeness (QED) is 0.146. The van der Waals surface area contributed by atoms with Gasteiger partial charge in [-0.25, -0.2) is 4.39 Å². The first-order valence-electron chi connectivity index (χ1n) is 12.8. The Labute approximate surface area is 246 Å². The molecular weight excluding hydrogens is 555 g/mol. The highest BCUT2D eigenvalue weighted by Crippen LogP contribution is 2.27. The van der Waals surface area contributed by atoms with E-state index in [1.807, 2.05) is 0 Å². The Hall–Kier alpha value is -5.22. The van der Waals surface area contributed by atoms with E-state index in [2.05, 4.69) is 16.0 Å². The van der Waals surface area contributed by atoms with E-state index in [0.717, 1.165) is 4.90 Å². The first-order chi connectivity index (χ1) is 20.2. The van der Waals surface area contributed by atoms with Crippen molar-refractivity contribution in [3.8, 4) is 0 Å². The average molecular weight is 583 g/mol. The van der Waals surface area contributed by atoms with Gasteiger partial charge in [-0.15, -0.1) is 11.8 Å². The number of nitrogens with one attached hydrogen (secondary N) is 3. The summed E-state index contributed by atoms with van der Waals surface area (Å²) in [5.74, 6) is -2.30. The number of carbonyl (C=O) groups excluding carboxylic acids is 4. The summed E-state index contributed by atoms with van der Waals surface area (Å²) in [4.78, 5) is 50.8. The molecule has 0 fully saturated rings. The maximum atomic E-state index is 13.4. The zero-order chi connectivity index (χ0) is 30.1. The summed E-state index contributed by atoms with van der Waals surface area (Å²) >= 11 is 1.28. The van der Waals surface area contributed by atoms with Gasteiger partial charge < -0.3 is 21.7 Å². The molecule has 10 heteroatoms. The highest BCUT2D eigenvalue weighted by atomic mass is 32.2. The van der Waals surface area contributed by atoms with Crippen molar-refractivity contribution in [2.75, 3.05) is 10.6 Å². The van der Waals surface area contributed by atoms with Crippen LogP contribution in [0.2, 0.25) is 0 Å². The number of hydrogen-bond acceptors (Lipinski definition) is 5. The maximum Gasteiger partial charge on any atom is 0.272 e. The first kappa shape index (κ1) is 29.8. The van der Waals surface area contributed by atoms with Crippen molar-refractivity contribution in [3.63, 3.8) is 0 Å². The number of amides is 4. The van der Waals surface area contributed by atoms with Gasteiger partial charge in [0.15, 0.2) is 0 Å². The molecule has 212 valence electrons. The number of primary amides is 1. The van der Waals surface area contributed by atoms with E-state index in [1.54, 1.807) is 73.7 Å². The minimum Gasteiger partial charge on any atom is -0.366 e. The lowest BCUT2D eigenvalue weighted by atomic mass is 10.1. The van der Waals surface area contributed by atoms with E-state index >= 15 is 0 Å². The maximum absolute atomic E-state index is 13.4. The molecule has 4 amide bonds. The van der Waals surface area contributed by atoms with Crippen molar-refractivity contribution >= 4 is 52.8 Å². The number of halogens is 1. The zero-order valence-electron chi connectivity index (χ0n) is 22.5. The predicted molar refractivity (Wildman–Crippen MR) is 162 cm³/mol. The molecule has 0 radical (unpaired) electrons. The van der Waals surface area contributed by atoms with E-state index in [-0.39, 0.29) is 11.6 Å². The Morgan fingerprint density at radius 1 is 0.786 bits per heavy atom. The first-order valence-corrected chi connectivity index (χ1v) is 13.7. The van der Waals surface area contributed by atoms with Gasteiger partial charge >= 0.3 is 0 Å². The lowest BCUT2D eigenvalue weighted by Crippen LogP contribution is -2.30. The van der Waals surface area contributed by atoms with Gasteiger partial charge in [-0.3, -0.25) is 19.2 Å². The Bertz CT molecular complexity index is 1620. The number of thioether (sulfide) groups is 1. The minimum absolute atomic E-state index is 0.0383. The summed E-state index contributed by atoms with van der Waals surface area (Å²) in [6, 6.07) is 27.1. The topological polar surface area (TPSA) is 130 Å². The second-order valence-electron chi connectivity index (χ2n) is 9.10. The predicted octanol–water partition coefficient (Wildman–Crippen LogP) is 5.45. The monoisotopic (exact) mass is 582 g/mol. The van der Waals surface area contributed by atoms with Crippen molar-refractivity contribution in [2.24, 2.45) is 5.73 Å². The number of carbonyl (C=O) groups is 4. The number of anilines is 2. The summed E-state index contributed by atoms with van der Waals surface area (Å²) < 4.78 is 13.4. The van der Waals surface area contributed by atoms with Gasteiger partial charge in [0, 0.05) is 27.4 Å². The number of hydrogen-bond donors (Lipinski definition) is 4. The van der Waals surface area contributed by atoms with E-state index in [9.17, 15) is 23.6 Å². The van der Waals surface area contributed by atoms with E-state index in [0.29, 0.717) is 28.1 Å². The van der Waals surface area contributed by atoms with Gasteiger partial charge in [0.05, 0.1) is 5.25 Å². The average Bonchev–Trinajstić information content (AvgIpc) is 2.98. The van der Waals surface area contributed by atoms with Crippen LogP contribution in [0.25, 0.3) is 6.08 Å². The van der Waals surface area contributed by atoms with Gasteiger partial charge in [-0.2, -0.15) is 0 Å². The van der Waals surface area contributed by atoms with Crippen LogP contribution in [0.3, 0.4) is 0 Å². The van der Waals surface area contributed by atoms with Crippen molar-refractivity contribution in [1.29, 1.82) is 0 Å². The minimum atomic E-state index is -0.587. The molecule has 0 saturated heterocycles. The molecule has 0 saturated carbocycles. The van der Waals surface area contributed by atoms with E-state index in [4.69, 9.17) is 5.73 Å². The third kappa shape index (κ3) is 8.39. The Morgan fingerprint density at radius 3 is 2.14 bits per heavy atom. The van der Waals surface area contributed by atoms with Crippen LogP contribution in [-0.4, -0.2) is 28.9 Å². The van der Waals surface area contributed by atoms with Crippen molar-refractivity contribution in [3.05, 3.63) is 131 Å². The third-order valence-corrected chi connectivity index (χ3v) is 7.01. The molecule has 1 unspecified atom stereocenters. The molecule has 0 heterocycles. The fourth-order valence-electron chi connectivity index (χ4n) is 3.73. The molecule has 0 bridgehead atoms. The van der Waals surface area contributed by atoms with Crippen molar-refractivity contribution in [2.45, 2.75) is 17.1 Å². The van der Waals surface area contributed by atoms with Crippen LogP contribution in [-0.2, 0) is 9.59 Å². The van der Waals surface area contributed by atoms with Crippen molar-refractivity contribution < 1.29 is 23.6 Å². The van der Waals surface area contributed by atoms with Crippen LogP contribution >= 0.6 is 11.8 Å². The molecule has 0 aromatic heterocycles.